The molecule has 0 aliphatic heterocycles. The van der Waals surface area contributed by atoms with Gasteiger partial charge in [0.2, 0.25) is 0 Å². The minimum atomic E-state index is 0.499. The quantitative estimate of drug-likeness (QED) is 0.731. The van der Waals surface area contributed by atoms with Crippen LogP contribution in [0.4, 0.5) is 0 Å². The zero-order valence-electron chi connectivity index (χ0n) is 8.75. The Hall–Kier alpha value is -1.46. The smallest absolute Gasteiger partial charge is 0.119 e. The normalized spacial score (nSPS) is 11.6. The first-order valence-corrected chi connectivity index (χ1v) is 5.03. The first kappa shape index (κ1) is 11.6. The lowest BCUT2D eigenvalue weighted by atomic mass is 10.1. The van der Waals surface area contributed by atoms with E-state index in [2.05, 4.69) is 6.07 Å². The van der Waals surface area contributed by atoms with Gasteiger partial charge >= 0.3 is 0 Å². The van der Waals surface area contributed by atoms with Crippen molar-refractivity contribution in [2.75, 3.05) is 7.11 Å². The monoisotopic (exact) mass is 221 g/mol. The van der Waals surface area contributed by atoms with Gasteiger partial charge in [-0.1, -0.05) is 30.7 Å². The summed E-state index contributed by atoms with van der Waals surface area (Å²) in [6.45, 7) is 1.90. The molecule has 0 unspecified atom stereocenters. The Kier molecular flexibility index (Phi) is 4.20. The summed E-state index contributed by atoms with van der Waals surface area (Å²) in [6, 6.07) is 9.46. The molecule has 1 aromatic carbocycles. The summed E-state index contributed by atoms with van der Waals surface area (Å²) in [5, 5.41) is 9.36. The van der Waals surface area contributed by atoms with Gasteiger partial charge < -0.3 is 4.74 Å². The van der Waals surface area contributed by atoms with E-state index in [9.17, 15) is 0 Å². The highest BCUT2D eigenvalue weighted by molar-refractivity contribution is 6.49. The van der Waals surface area contributed by atoms with E-state index in [0.29, 0.717) is 17.0 Å². The van der Waals surface area contributed by atoms with Crippen LogP contribution in [0.2, 0.25) is 0 Å². The van der Waals surface area contributed by atoms with Crippen molar-refractivity contribution in [3.05, 3.63) is 35.4 Å². The van der Waals surface area contributed by atoms with Gasteiger partial charge in [-0.05, 0) is 24.1 Å². The second-order valence-corrected chi connectivity index (χ2v) is 3.37. The van der Waals surface area contributed by atoms with E-state index in [1.54, 1.807) is 7.11 Å². The number of benzene rings is 1. The fourth-order valence-electron chi connectivity index (χ4n) is 1.22. The largest absolute Gasteiger partial charge is 0.497 e. The first-order valence-electron chi connectivity index (χ1n) is 4.66. The fraction of sp³-hybridized carbons (Fsp3) is 0.250. The van der Waals surface area contributed by atoms with Crippen LogP contribution < -0.4 is 4.74 Å². The maximum atomic E-state index is 8.86. The summed E-state index contributed by atoms with van der Waals surface area (Å²) in [4.78, 5) is 0. The van der Waals surface area contributed by atoms with Gasteiger partial charge in [-0.2, -0.15) is 5.26 Å². The molecule has 15 heavy (non-hydrogen) atoms. The van der Waals surface area contributed by atoms with Crippen LogP contribution in [0.5, 0.6) is 5.75 Å². The number of methoxy groups -OCH3 is 1. The van der Waals surface area contributed by atoms with E-state index in [0.717, 1.165) is 11.3 Å². The van der Waals surface area contributed by atoms with Gasteiger partial charge in [0.1, 0.15) is 5.75 Å². The minimum absolute atomic E-state index is 0.499. The molecule has 2 nitrogen and oxygen atoms in total. The number of halogens is 1. The van der Waals surface area contributed by atoms with Gasteiger partial charge in [-0.25, -0.2) is 0 Å². The summed E-state index contributed by atoms with van der Waals surface area (Å²) >= 11 is 6.10. The molecule has 0 aliphatic rings. The summed E-state index contributed by atoms with van der Waals surface area (Å²) in [5.41, 5.74) is 1.40. The Labute approximate surface area is 94.7 Å². The highest BCUT2D eigenvalue weighted by atomic mass is 35.5. The van der Waals surface area contributed by atoms with Crippen LogP contribution in [0.1, 0.15) is 18.9 Å². The molecule has 0 saturated heterocycles. The lowest BCUT2D eigenvalue weighted by Gasteiger charge is -2.04. The first-order chi connectivity index (χ1) is 7.22. The molecule has 0 saturated carbocycles. The van der Waals surface area contributed by atoms with E-state index in [1.165, 1.54) is 0 Å². The van der Waals surface area contributed by atoms with Crippen LogP contribution in [0.25, 0.3) is 5.03 Å². The Bertz CT molecular complexity index is 418. The molecule has 0 aliphatic carbocycles. The maximum absolute atomic E-state index is 8.86. The third kappa shape index (κ3) is 2.74. The van der Waals surface area contributed by atoms with Crippen LogP contribution in [-0.2, 0) is 0 Å². The third-order valence-electron chi connectivity index (χ3n) is 2.08. The zero-order chi connectivity index (χ0) is 11.3. The van der Waals surface area contributed by atoms with Crippen molar-refractivity contribution in [3.8, 4) is 11.8 Å². The Morgan fingerprint density at radius 1 is 1.53 bits per heavy atom. The molecular weight excluding hydrogens is 210 g/mol. The van der Waals surface area contributed by atoms with Gasteiger partial charge in [0.25, 0.3) is 0 Å². The Morgan fingerprint density at radius 2 is 2.27 bits per heavy atom. The van der Waals surface area contributed by atoms with Crippen molar-refractivity contribution in [1.82, 2.24) is 0 Å². The predicted molar refractivity (Wildman–Crippen MR) is 61.7 cm³/mol. The fourth-order valence-corrected chi connectivity index (χ4v) is 1.51. The molecule has 0 bridgehead atoms. The highest BCUT2D eigenvalue weighted by Crippen LogP contribution is 2.27. The summed E-state index contributed by atoms with van der Waals surface area (Å²) < 4.78 is 5.09. The second-order valence-electron chi connectivity index (χ2n) is 2.99. The molecule has 1 aromatic rings. The molecular formula is C12H12ClNO. The molecule has 0 heterocycles. The number of ether oxygens (including phenoxy) is 1. The van der Waals surface area contributed by atoms with Gasteiger partial charge in [0, 0.05) is 5.57 Å². The number of hydrogen-bond acceptors (Lipinski definition) is 2. The molecule has 0 spiro atoms. The van der Waals surface area contributed by atoms with Gasteiger partial charge in [-0.3, -0.25) is 0 Å². The van der Waals surface area contributed by atoms with E-state index in [-0.39, 0.29) is 0 Å². The summed E-state index contributed by atoms with van der Waals surface area (Å²) in [6.07, 6.45) is 0.631. The molecule has 0 atom stereocenters. The van der Waals surface area contributed by atoms with E-state index in [1.807, 2.05) is 31.2 Å². The van der Waals surface area contributed by atoms with Crippen molar-refractivity contribution in [1.29, 1.82) is 5.26 Å². The van der Waals surface area contributed by atoms with Crippen molar-refractivity contribution in [2.24, 2.45) is 0 Å². The molecule has 0 amide bonds. The molecule has 3 heteroatoms. The Morgan fingerprint density at radius 3 is 2.80 bits per heavy atom. The second kappa shape index (κ2) is 5.43. The predicted octanol–water partition coefficient (Wildman–Crippen LogP) is 3.58. The van der Waals surface area contributed by atoms with Crippen LogP contribution in [-0.4, -0.2) is 7.11 Å². The molecule has 1 rings (SSSR count). The SMILES string of the molecule is CCC(C#N)=C(Cl)c1cccc(OC)c1. The molecule has 0 fully saturated rings. The van der Waals surface area contributed by atoms with Crippen LogP contribution in [0, 0.1) is 11.3 Å². The van der Waals surface area contributed by atoms with Crippen molar-refractivity contribution >= 4 is 16.6 Å². The average molecular weight is 222 g/mol. The van der Waals surface area contributed by atoms with Gasteiger partial charge in [-0.15, -0.1) is 0 Å². The zero-order valence-corrected chi connectivity index (χ0v) is 9.51. The number of rotatable bonds is 3. The highest BCUT2D eigenvalue weighted by Gasteiger charge is 2.05. The summed E-state index contributed by atoms with van der Waals surface area (Å²) in [5.74, 6) is 0.735. The van der Waals surface area contributed by atoms with Crippen LogP contribution in [0.15, 0.2) is 29.8 Å². The number of nitrogens with zero attached hydrogens (tertiary/aromatic N) is 1. The van der Waals surface area contributed by atoms with Crippen molar-refractivity contribution in [2.45, 2.75) is 13.3 Å². The standard InChI is InChI=1S/C12H12ClNO/c1-3-9(8-14)12(13)10-5-4-6-11(7-10)15-2/h4-7H,3H2,1-2H3. The lowest BCUT2D eigenvalue weighted by molar-refractivity contribution is 0.414. The van der Waals surface area contributed by atoms with Gasteiger partial charge in [0.15, 0.2) is 0 Å². The topological polar surface area (TPSA) is 33.0 Å². The van der Waals surface area contributed by atoms with E-state index in [4.69, 9.17) is 21.6 Å². The number of hydrogen-bond donors (Lipinski definition) is 0. The van der Waals surface area contributed by atoms with Crippen LogP contribution >= 0.6 is 11.6 Å². The van der Waals surface area contributed by atoms with Crippen LogP contribution in [0.3, 0.4) is 0 Å². The van der Waals surface area contributed by atoms with Crippen molar-refractivity contribution < 1.29 is 4.74 Å². The minimum Gasteiger partial charge on any atom is -0.497 e. The lowest BCUT2D eigenvalue weighted by Crippen LogP contribution is -1.86. The number of nitriles is 1. The third-order valence-corrected chi connectivity index (χ3v) is 2.52. The van der Waals surface area contributed by atoms with E-state index >= 15 is 0 Å². The summed E-state index contributed by atoms with van der Waals surface area (Å²) in [7, 11) is 1.60. The molecule has 78 valence electrons. The van der Waals surface area contributed by atoms with E-state index < -0.39 is 0 Å². The Balaban J connectivity index is 3.16. The maximum Gasteiger partial charge on any atom is 0.119 e. The number of allylic oxidation sites excluding steroid dienone is 1. The molecule has 0 aromatic heterocycles. The average Bonchev–Trinajstić information content (AvgIpc) is 2.30. The van der Waals surface area contributed by atoms with Gasteiger partial charge in [0.05, 0.1) is 18.2 Å². The van der Waals surface area contributed by atoms with Crippen molar-refractivity contribution in [3.63, 3.8) is 0 Å². The molecule has 0 radical (unpaired) electrons. The molecule has 0 N–H and O–H groups in total.